The van der Waals surface area contributed by atoms with E-state index in [1.807, 2.05) is 36.6 Å². The topological polar surface area (TPSA) is 86.7 Å². The molecule has 132 valence electrons. The molecule has 0 spiro atoms. The van der Waals surface area contributed by atoms with E-state index in [0.717, 1.165) is 11.3 Å². The average molecular weight is 352 g/mol. The van der Waals surface area contributed by atoms with Crippen molar-refractivity contribution >= 4 is 29.5 Å². The van der Waals surface area contributed by atoms with Crippen LogP contribution in [0.15, 0.2) is 30.3 Å². The summed E-state index contributed by atoms with van der Waals surface area (Å²) in [5.41, 5.74) is 0.880. The maximum absolute atomic E-state index is 12.5. The number of carbonyl (C=O) groups excluding carboxylic acids is 2. The number of aliphatic carboxylic acids is 1. The van der Waals surface area contributed by atoms with Crippen molar-refractivity contribution in [2.75, 3.05) is 25.6 Å². The standard InChI is InChI=1S/C17H24N2O4S/c1-19(10-8-16(21)22)17(23)14(9-11-24-2)18-15(20)12-13-6-4-3-5-7-13/h3-7,14H,8-12H2,1-2H3,(H,18,20)(H,21,22). The largest absolute Gasteiger partial charge is 0.481 e. The molecule has 1 unspecified atom stereocenters. The average Bonchev–Trinajstić information content (AvgIpc) is 2.56. The number of hydrogen-bond acceptors (Lipinski definition) is 4. The Morgan fingerprint density at radius 1 is 1.25 bits per heavy atom. The fourth-order valence-corrected chi connectivity index (χ4v) is 2.63. The van der Waals surface area contributed by atoms with Gasteiger partial charge in [-0.25, -0.2) is 0 Å². The summed E-state index contributed by atoms with van der Waals surface area (Å²) in [4.78, 5) is 36.7. The molecule has 1 aromatic rings. The molecule has 0 radical (unpaired) electrons. The van der Waals surface area contributed by atoms with Crippen LogP contribution < -0.4 is 5.32 Å². The van der Waals surface area contributed by atoms with Gasteiger partial charge in [0, 0.05) is 13.6 Å². The van der Waals surface area contributed by atoms with Gasteiger partial charge in [0.05, 0.1) is 12.8 Å². The molecular weight excluding hydrogens is 328 g/mol. The van der Waals surface area contributed by atoms with E-state index >= 15 is 0 Å². The van der Waals surface area contributed by atoms with Gasteiger partial charge in [0.15, 0.2) is 0 Å². The zero-order valence-electron chi connectivity index (χ0n) is 14.0. The lowest BCUT2D eigenvalue weighted by Crippen LogP contribution is -2.48. The summed E-state index contributed by atoms with van der Waals surface area (Å²) in [6.07, 6.45) is 2.54. The molecular formula is C17H24N2O4S. The van der Waals surface area contributed by atoms with Crippen LogP contribution in [0.1, 0.15) is 18.4 Å². The van der Waals surface area contributed by atoms with Gasteiger partial charge in [-0.3, -0.25) is 14.4 Å². The zero-order chi connectivity index (χ0) is 17.9. The molecule has 2 amide bonds. The minimum atomic E-state index is -0.955. The number of amides is 2. The van der Waals surface area contributed by atoms with Crippen molar-refractivity contribution in [3.63, 3.8) is 0 Å². The Bertz CT molecular complexity index is 551. The fraction of sp³-hybridized carbons (Fsp3) is 0.471. The molecule has 2 N–H and O–H groups in total. The highest BCUT2D eigenvalue weighted by Crippen LogP contribution is 2.06. The third-order valence-corrected chi connectivity index (χ3v) is 4.13. The van der Waals surface area contributed by atoms with Gasteiger partial charge in [-0.05, 0) is 24.0 Å². The lowest BCUT2D eigenvalue weighted by molar-refractivity contribution is -0.139. The highest BCUT2D eigenvalue weighted by Gasteiger charge is 2.23. The molecule has 0 saturated carbocycles. The molecule has 0 aliphatic heterocycles. The highest BCUT2D eigenvalue weighted by molar-refractivity contribution is 7.98. The summed E-state index contributed by atoms with van der Waals surface area (Å²) in [5, 5.41) is 11.5. The molecule has 6 nitrogen and oxygen atoms in total. The molecule has 7 heteroatoms. The monoisotopic (exact) mass is 352 g/mol. The van der Waals surface area contributed by atoms with E-state index in [-0.39, 0.29) is 31.2 Å². The van der Waals surface area contributed by atoms with Crippen LogP contribution in [0, 0.1) is 0 Å². The van der Waals surface area contributed by atoms with Gasteiger partial charge in [0.1, 0.15) is 6.04 Å². The van der Waals surface area contributed by atoms with E-state index in [9.17, 15) is 14.4 Å². The number of thioether (sulfide) groups is 1. The van der Waals surface area contributed by atoms with Crippen LogP contribution in [0.25, 0.3) is 0 Å². The van der Waals surface area contributed by atoms with Crippen LogP contribution in [0.4, 0.5) is 0 Å². The lowest BCUT2D eigenvalue weighted by Gasteiger charge is -2.24. The third-order valence-electron chi connectivity index (χ3n) is 3.49. The molecule has 1 atom stereocenters. The lowest BCUT2D eigenvalue weighted by atomic mass is 10.1. The fourth-order valence-electron chi connectivity index (χ4n) is 2.16. The first-order chi connectivity index (χ1) is 11.4. The number of nitrogens with zero attached hydrogens (tertiary/aromatic N) is 1. The van der Waals surface area contributed by atoms with Gasteiger partial charge in [-0.2, -0.15) is 11.8 Å². The normalized spacial score (nSPS) is 11.6. The molecule has 0 fully saturated rings. The first kappa shape index (κ1) is 20.0. The van der Waals surface area contributed by atoms with Crippen molar-refractivity contribution in [2.24, 2.45) is 0 Å². The predicted octanol–water partition coefficient (Wildman–Crippen LogP) is 1.40. The zero-order valence-corrected chi connectivity index (χ0v) is 14.8. The number of nitrogens with one attached hydrogen (secondary N) is 1. The Balaban J connectivity index is 2.64. The van der Waals surface area contributed by atoms with E-state index in [1.165, 1.54) is 4.90 Å². The summed E-state index contributed by atoms with van der Waals surface area (Å²) in [6.45, 7) is 0.124. The first-order valence-electron chi connectivity index (χ1n) is 7.73. The number of carboxylic acid groups (broad SMARTS) is 1. The number of benzene rings is 1. The van der Waals surface area contributed by atoms with Crippen LogP contribution >= 0.6 is 11.8 Å². The quantitative estimate of drug-likeness (QED) is 0.665. The summed E-state index contributed by atoms with van der Waals surface area (Å²) in [6, 6.07) is 8.68. The Morgan fingerprint density at radius 3 is 2.50 bits per heavy atom. The Morgan fingerprint density at radius 2 is 1.92 bits per heavy atom. The van der Waals surface area contributed by atoms with Crippen molar-refractivity contribution < 1.29 is 19.5 Å². The van der Waals surface area contributed by atoms with E-state index < -0.39 is 12.0 Å². The van der Waals surface area contributed by atoms with Crippen molar-refractivity contribution in [3.05, 3.63) is 35.9 Å². The second-order valence-electron chi connectivity index (χ2n) is 5.47. The number of likely N-dealkylation sites (N-methyl/N-ethyl adjacent to an activating group) is 1. The Labute approximate surface area is 146 Å². The summed E-state index contributed by atoms with van der Waals surface area (Å²) in [7, 11) is 1.56. The van der Waals surface area contributed by atoms with E-state index in [4.69, 9.17) is 5.11 Å². The van der Waals surface area contributed by atoms with Gasteiger partial charge in [0.25, 0.3) is 0 Å². The van der Waals surface area contributed by atoms with Crippen LogP contribution in [-0.4, -0.2) is 59.4 Å². The van der Waals surface area contributed by atoms with Crippen molar-refractivity contribution in [1.29, 1.82) is 0 Å². The molecule has 0 aromatic heterocycles. The second kappa shape index (κ2) is 10.7. The number of carbonyl (C=O) groups is 3. The van der Waals surface area contributed by atoms with Crippen LogP contribution in [0.5, 0.6) is 0 Å². The van der Waals surface area contributed by atoms with Gasteiger partial charge in [0.2, 0.25) is 11.8 Å². The molecule has 0 heterocycles. The smallest absolute Gasteiger partial charge is 0.305 e. The predicted molar refractivity (Wildman–Crippen MR) is 95.0 cm³/mol. The van der Waals surface area contributed by atoms with E-state index in [0.29, 0.717) is 6.42 Å². The van der Waals surface area contributed by atoms with Crippen LogP contribution in [0.3, 0.4) is 0 Å². The van der Waals surface area contributed by atoms with Gasteiger partial charge < -0.3 is 15.3 Å². The van der Waals surface area contributed by atoms with E-state index in [1.54, 1.807) is 18.8 Å². The van der Waals surface area contributed by atoms with E-state index in [2.05, 4.69) is 5.32 Å². The summed E-state index contributed by atoms with van der Waals surface area (Å²) < 4.78 is 0. The SMILES string of the molecule is CSCCC(NC(=O)Cc1ccccc1)C(=O)N(C)CCC(=O)O. The van der Waals surface area contributed by atoms with Gasteiger partial charge >= 0.3 is 5.97 Å². The van der Waals surface area contributed by atoms with Crippen molar-refractivity contribution in [3.8, 4) is 0 Å². The molecule has 0 saturated heterocycles. The number of carboxylic acids is 1. The van der Waals surface area contributed by atoms with Crippen LogP contribution in [0.2, 0.25) is 0 Å². The maximum atomic E-state index is 12.5. The highest BCUT2D eigenvalue weighted by atomic mass is 32.2. The Kier molecular flexibility index (Phi) is 8.93. The summed E-state index contributed by atoms with van der Waals surface area (Å²) >= 11 is 1.59. The minimum Gasteiger partial charge on any atom is -0.481 e. The van der Waals surface area contributed by atoms with Crippen molar-refractivity contribution in [1.82, 2.24) is 10.2 Å². The molecule has 0 aliphatic rings. The third kappa shape index (κ3) is 7.50. The maximum Gasteiger partial charge on any atom is 0.305 e. The molecule has 1 aromatic carbocycles. The molecule has 0 bridgehead atoms. The van der Waals surface area contributed by atoms with Crippen molar-refractivity contribution in [2.45, 2.75) is 25.3 Å². The van der Waals surface area contributed by atoms with Gasteiger partial charge in [-0.15, -0.1) is 0 Å². The first-order valence-corrected chi connectivity index (χ1v) is 9.12. The summed E-state index contributed by atoms with van der Waals surface area (Å²) in [5.74, 6) is -0.697. The Hall–Kier alpha value is -2.02. The number of hydrogen-bond donors (Lipinski definition) is 2. The molecule has 24 heavy (non-hydrogen) atoms. The minimum absolute atomic E-state index is 0.116. The molecule has 1 rings (SSSR count). The van der Waals surface area contributed by atoms with Gasteiger partial charge in [-0.1, -0.05) is 30.3 Å². The number of rotatable bonds is 10. The second-order valence-corrected chi connectivity index (χ2v) is 6.45. The van der Waals surface area contributed by atoms with Crippen LogP contribution in [-0.2, 0) is 20.8 Å². The molecule has 0 aliphatic carbocycles.